The molecule has 1 aromatic heterocycles. The number of ether oxygens (including phenoxy) is 1. The normalized spacial score (nSPS) is 20.5. The van der Waals surface area contributed by atoms with Crippen LogP contribution in [0.2, 0.25) is 0 Å². The molecule has 0 unspecified atom stereocenters. The number of carbonyl (C=O) groups is 1. The van der Waals surface area contributed by atoms with E-state index >= 15 is 0 Å². The van der Waals surface area contributed by atoms with Gasteiger partial charge >= 0.3 is 0 Å². The van der Waals surface area contributed by atoms with E-state index in [0.29, 0.717) is 11.6 Å². The van der Waals surface area contributed by atoms with E-state index in [1.54, 1.807) is 31.6 Å². The molecule has 3 N–H and O–H groups in total. The van der Waals surface area contributed by atoms with Crippen LogP contribution in [0.25, 0.3) is 11.1 Å². The van der Waals surface area contributed by atoms with Crippen molar-refractivity contribution in [1.82, 2.24) is 20.2 Å². The number of hydrogen-bond acceptors (Lipinski definition) is 6. The number of nitrogens with one attached hydrogen (secondary N) is 1. The van der Waals surface area contributed by atoms with Crippen molar-refractivity contribution in [2.75, 3.05) is 25.9 Å². The molecule has 7 nitrogen and oxygen atoms in total. The number of carbonyl (C=O) groups excluding carboxylic acids is 1. The second-order valence-corrected chi connectivity index (χ2v) is 6.81. The largest absolute Gasteiger partial charge is 0.378 e. The van der Waals surface area contributed by atoms with Crippen LogP contribution in [0.5, 0.6) is 0 Å². The predicted molar refractivity (Wildman–Crippen MR) is 101 cm³/mol. The highest BCUT2D eigenvalue weighted by Crippen LogP contribution is 2.20. The highest BCUT2D eigenvalue weighted by Gasteiger charge is 2.35. The first-order valence-corrected chi connectivity index (χ1v) is 8.73. The summed E-state index contributed by atoms with van der Waals surface area (Å²) in [6.45, 7) is 5.92. The molecule has 0 radical (unpaired) electrons. The maximum absolute atomic E-state index is 12.6. The van der Waals surface area contributed by atoms with E-state index in [0.717, 1.165) is 24.2 Å². The average Bonchev–Trinajstić information content (AvgIpc) is 3.05. The summed E-state index contributed by atoms with van der Waals surface area (Å²) in [5, 5.41) is 3.10. The Kier molecular flexibility index (Phi) is 5.49. The Bertz CT molecular complexity index is 746. The molecule has 1 aromatic carbocycles. The van der Waals surface area contributed by atoms with Gasteiger partial charge in [0.1, 0.15) is 0 Å². The highest BCUT2D eigenvalue weighted by atomic mass is 16.5. The van der Waals surface area contributed by atoms with E-state index in [-0.39, 0.29) is 24.0 Å². The number of benzene rings is 1. The van der Waals surface area contributed by atoms with Crippen molar-refractivity contribution in [3.63, 3.8) is 0 Å². The highest BCUT2D eigenvalue weighted by molar-refractivity contribution is 5.95. The zero-order valence-electron chi connectivity index (χ0n) is 15.3. The molecule has 1 fully saturated rings. The molecule has 2 heterocycles. The number of amides is 1. The molecule has 0 aliphatic carbocycles. The fraction of sp³-hybridized carbons (Fsp3) is 0.421. The van der Waals surface area contributed by atoms with E-state index in [9.17, 15) is 4.79 Å². The van der Waals surface area contributed by atoms with Crippen LogP contribution in [0.4, 0.5) is 5.95 Å². The maximum atomic E-state index is 12.6. The van der Waals surface area contributed by atoms with Crippen molar-refractivity contribution in [2.45, 2.75) is 32.0 Å². The molecule has 3 rings (SSSR count). The average molecular weight is 355 g/mol. The molecule has 26 heavy (non-hydrogen) atoms. The third kappa shape index (κ3) is 4.00. The monoisotopic (exact) mass is 355 g/mol. The van der Waals surface area contributed by atoms with Crippen molar-refractivity contribution < 1.29 is 9.53 Å². The van der Waals surface area contributed by atoms with Gasteiger partial charge in [-0.1, -0.05) is 12.1 Å². The molecule has 2 atom stereocenters. The SMILES string of the molecule is CO[C@H]1CN(C(C)C)C[C@@H]1NC(=O)c1ccc(-c2cnc(N)nc2)cc1. The first kappa shape index (κ1) is 18.3. The van der Waals surface area contributed by atoms with Gasteiger partial charge in [-0.25, -0.2) is 9.97 Å². The van der Waals surface area contributed by atoms with Gasteiger partial charge in [-0.15, -0.1) is 0 Å². The summed E-state index contributed by atoms with van der Waals surface area (Å²) in [7, 11) is 1.69. The number of methoxy groups -OCH3 is 1. The van der Waals surface area contributed by atoms with Crippen LogP contribution >= 0.6 is 0 Å². The number of rotatable bonds is 5. The lowest BCUT2D eigenvalue weighted by molar-refractivity contribution is 0.0753. The lowest BCUT2D eigenvalue weighted by Crippen LogP contribution is -2.43. The van der Waals surface area contributed by atoms with E-state index in [1.807, 2.05) is 12.1 Å². The molecule has 7 heteroatoms. The summed E-state index contributed by atoms with van der Waals surface area (Å²) in [6.07, 6.45) is 3.34. The van der Waals surface area contributed by atoms with Crippen LogP contribution in [-0.2, 0) is 4.74 Å². The molecular weight excluding hydrogens is 330 g/mol. The Morgan fingerprint density at radius 3 is 2.42 bits per heavy atom. The van der Waals surface area contributed by atoms with Gasteiger partial charge in [0.15, 0.2) is 0 Å². The minimum absolute atomic E-state index is 0.00699. The molecule has 0 spiro atoms. The maximum Gasteiger partial charge on any atom is 0.251 e. The summed E-state index contributed by atoms with van der Waals surface area (Å²) in [6, 6.07) is 7.78. The predicted octanol–water partition coefficient (Wildman–Crippen LogP) is 1.56. The van der Waals surface area contributed by atoms with Crippen LogP contribution in [0.15, 0.2) is 36.7 Å². The zero-order chi connectivity index (χ0) is 18.7. The fourth-order valence-corrected chi connectivity index (χ4v) is 3.16. The lowest BCUT2D eigenvalue weighted by Gasteiger charge is -2.20. The number of aromatic nitrogens is 2. The second kappa shape index (κ2) is 7.80. The zero-order valence-corrected chi connectivity index (χ0v) is 15.3. The molecular formula is C19H25N5O2. The van der Waals surface area contributed by atoms with E-state index in [1.165, 1.54) is 0 Å². The smallest absolute Gasteiger partial charge is 0.251 e. The summed E-state index contributed by atoms with van der Waals surface area (Å²) in [5.41, 5.74) is 7.91. The summed E-state index contributed by atoms with van der Waals surface area (Å²) in [5.74, 6) is 0.146. The minimum Gasteiger partial charge on any atom is -0.378 e. The topological polar surface area (TPSA) is 93.4 Å². The second-order valence-electron chi connectivity index (χ2n) is 6.81. The summed E-state index contributed by atoms with van der Waals surface area (Å²) >= 11 is 0. The summed E-state index contributed by atoms with van der Waals surface area (Å²) < 4.78 is 5.55. The number of nitrogen functional groups attached to an aromatic ring is 1. The van der Waals surface area contributed by atoms with Gasteiger partial charge in [-0.2, -0.15) is 0 Å². The quantitative estimate of drug-likeness (QED) is 0.845. The van der Waals surface area contributed by atoms with Crippen LogP contribution in [0.1, 0.15) is 24.2 Å². The lowest BCUT2D eigenvalue weighted by atomic mass is 10.1. The van der Waals surface area contributed by atoms with Gasteiger partial charge in [0.05, 0.1) is 12.1 Å². The number of hydrogen-bond donors (Lipinski definition) is 2. The molecule has 1 aliphatic heterocycles. The molecule has 1 aliphatic rings. The molecule has 1 amide bonds. The number of nitrogens with two attached hydrogens (primary N) is 1. The number of nitrogens with zero attached hydrogens (tertiary/aromatic N) is 3. The van der Waals surface area contributed by atoms with Crippen LogP contribution in [0, 0.1) is 0 Å². The standard InChI is InChI=1S/C19H25N5O2/c1-12(2)24-10-16(17(11-24)26-3)23-18(25)14-6-4-13(5-7-14)15-8-21-19(20)22-9-15/h4-9,12,16-17H,10-11H2,1-3H3,(H,23,25)(H2,20,21,22)/t16-,17-/m0/s1. The molecule has 2 aromatic rings. The van der Waals surface area contributed by atoms with Crippen molar-refractivity contribution in [3.8, 4) is 11.1 Å². The Balaban J connectivity index is 1.67. The van der Waals surface area contributed by atoms with Crippen LogP contribution < -0.4 is 11.1 Å². The first-order valence-electron chi connectivity index (χ1n) is 8.73. The van der Waals surface area contributed by atoms with Crippen molar-refractivity contribution in [2.24, 2.45) is 0 Å². The summed E-state index contributed by atoms with van der Waals surface area (Å²) in [4.78, 5) is 22.9. The van der Waals surface area contributed by atoms with Gasteiger partial charge in [-0.05, 0) is 31.5 Å². The fourth-order valence-electron chi connectivity index (χ4n) is 3.16. The Morgan fingerprint density at radius 2 is 1.85 bits per heavy atom. The Labute approximate surface area is 153 Å². The molecule has 1 saturated heterocycles. The number of likely N-dealkylation sites (tertiary alicyclic amines) is 1. The Hall–Kier alpha value is -2.51. The van der Waals surface area contributed by atoms with Gasteiger partial charge in [-0.3, -0.25) is 9.69 Å². The van der Waals surface area contributed by atoms with E-state index in [4.69, 9.17) is 10.5 Å². The van der Waals surface area contributed by atoms with Crippen molar-refractivity contribution in [3.05, 3.63) is 42.2 Å². The van der Waals surface area contributed by atoms with E-state index in [2.05, 4.69) is 34.0 Å². The van der Waals surface area contributed by atoms with Crippen LogP contribution in [0.3, 0.4) is 0 Å². The first-order chi connectivity index (χ1) is 12.5. The van der Waals surface area contributed by atoms with Gasteiger partial charge in [0.2, 0.25) is 5.95 Å². The minimum atomic E-state index is -0.0947. The van der Waals surface area contributed by atoms with Crippen LogP contribution in [-0.4, -0.2) is 59.2 Å². The van der Waals surface area contributed by atoms with E-state index < -0.39 is 0 Å². The van der Waals surface area contributed by atoms with Gasteiger partial charge < -0.3 is 15.8 Å². The molecule has 0 bridgehead atoms. The number of anilines is 1. The Morgan fingerprint density at radius 1 is 1.19 bits per heavy atom. The molecule has 0 saturated carbocycles. The van der Waals surface area contributed by atoms with Gasteiger partial charge in [0, 0.05) is 49.8 Å². The molecule has 138 valence electrons. The van der Waals surface area contributed by atoms with Gasteiger partial charge in [0.25, 0.3) is 5.91 Å². The van der Waals surface area contributed by atoms with Crippen molar-refractivity contribution in [1.29, 1.82) is 0 Å². The van der Waals surface area contributed by atoms with Crippen molar-refractivity contribution >= 4 is 11.9 Å². The third-order valence-corrected chi connectivity index (χ3v) is 4.80. The third-order valence-electron chi connectivity index (χ3n) is 4.80.